The van der Waals surface area contributed by atoms with Gasteiger partial charge in [-0.25, -0.2) is 4.99 Å². The van der Waals surface area contributed by atoms with Crippen LogP contribution in [-0.4, -0.2) is 22.8 Å². The van der Waals surface area contributed by atoms with Crippen molar-refractivity contribution >= 4 is 56.4 Å². The number of amidine groups is 1. The zero-order valence-electron chi connectivity index (χ0n) is 18.2. The van der Waals surface area contributed by atoms with Crippen molar-refractivity contribution in [3.05, 3.63) is 76.7 Å². The average Bonchev–Trinajstić information content (AvgIpc) is 3.30. The van der Waals surface area contributed by atoms with Crippen molar-refractivity contribution in [2.24, 2.45) is 4.99 Å². The number of aliphatic imine (C=N–C) groups is 1. The molecule has 0 aliphatic carbocycles. The summed E-state index contributed by atoms with van der Waals surface area (Å²) >= 11 is 1.34. The first-order valence-electron chi connectivity index (χ1n) is 10.5. The first kappa shape index (κ1) is 20.4. The van der Waals surface area contributed by atoms with Crippen LogP contribution in [0.3, 0.4) is 0 Å². The number of ether oxygens (including phenoxy) is 1. The van der Waals surface area contributed by atoms with Crippen molar-refractivity contribution in [2.45, 2.75) is 20.4 Å². The van der Waals surface area contributed by atoms with Gasteiger partial charge >= 0.3 is 0 Å². The standard InChI is InChI=1S/C26H23N3O2S/c1-4-29-21-8-6-5-7-18(21)19-14-17(10-11-22(19)29)15-24-25(30)28-26(32-24)27-20-13-16(2)9-12-23(20)31-3/h5-15H,4H2,1-3H3,(H,27,28,30)/b24-15-. The highest BCUT2D eigenvalue weighted by Gasteiger charge is 2.24. The molecule has 1 amide bonds. The Labute approximate surface area is 190 Å². The molecule has 0 atom stereocenters. The molecule has 1 aliphatic rings. The zero-order valence-corrected chi connectivity index (χ0v) is 19.0. The lowest BCUT2D eigenvalue weighted by atomic mass is 10.1. The highest BCUT2D eigenvalue weighted by molar-refractivity contribution is 8.18. The van der Waals surface area contributed by atoms with E-state index in [2.05, 4.69) is 64.3 Å². The molecule has 1 saturated heterocycles. The number of carbonyl (C=O) groups excluding carboxylic acids is 1. The van der Waals surface area contributed by atoms with Gasteiger partial charge in [0.2, 0.25) is 0 Å². The number of para-hydroxylation sites is 1. The zero-order chi connectivity index (χ0) is 22.2. The monoisotopic (exact) mass is 441 g/mol. The van der Waals surface area contributed by atoms with Gasteiger partial charge in [-0.15, -0.1) is 0 Å². The SMILES string of the molecule is CCn1c2ccccc2c2cc(/C=C3\SC(=Nc4cc(C)ccc4OC)NC3=O)ccc21. The van der Waals surface area contributed by atoms with Crippen LogP contribution < -0.4 is 10.1 Å². The molecule has 0 unspecified atom stereocenters. The van der Waals surface area contributed by atoms with Gasteiger partial charge in [-0.05, 0) is 73.1 Å². The topological polar surface area (TPSA) is 55.6 Å². The van der Waals surface area contributed by atoms with E-state index in [4.69, 9.17) is 4.74 Å². The lowest BCUT2D eigenvalue weighted by Crippen LogP contribution is -2.19. The summed E-state index contributed by atoms with van der Waals surface area (Å²) in [6.07, 6.45) is 1.92. The number of aryl methyl sites for hydroxylation is 2. The van der Waals surface area contributed by atoms with Gasteiger partial charge in [0.1, 0.15) is 11.4 Å². The third-order valence-corrected chi connectivity index (χ3v) is 6.53. The number of amides is 1. The third kappa shape index (κ3) is 3.56. The van der Waals surface area contributed by atoms with Crippen LogP contribution >= 0.6 is 11.8 Å². The van der Waals surface area contributed by atoms with Crippen LogP contribution in [0.2, 0.25) is 0 Å². The predicted octanol–water partition coefficient (Wildman–Crippen LogP) is 6.02. The summed E-state index contributed by atoms with van der Waals surface area (Å²) in [7, 11) is 1.62. The lowest BCUT2D eigenvalue weighted by molar-refractivity contribution is -0.115. The van der Waals surface area contributed by atoms with E-state index >= 15 is 0 Å². The Morgan fingerprint density at radius 2 is 1.88 bits per heavy atom. The Morgan fingerprint density at radius 3 is 2.69 bits per heavy atom. The van der Waals surface area contributed by atoms with Gasteiger partial charge in [-0.2, -0.15) is 0 Å². The molecule has 0 spiro atoms. The number of benzene rings is 3. The highest BCUT2D eigenvalue weighted by atomic mass is 32.2. The quantitative estimate of drug-likeness (QED) is 0.394. The van der Waals surface area contributed by atoms with E-state index in [1.165, 1.54) is 33.6 Å². The Hall–Kier alpha value is -3.51. The van der Waals surface area contributed by atoms with Crippen LogP contribution in [0.1, 0.15) is 18.1 Å². The minimum atomic E-state index is -0.142. The van der Waals surface area contributed by atoms with Crippen molar-refractivity contribution in [3.63, 3.8) is 0 Å². The molecule has 1 N–H and O–H groups in total. The first-order chi connectivity index (χ1) is 15.6. The molecule has 3 aromatic carbocycles. The number of nitrogens with one attached hydrogen (secondary N) is 1. The summed E-state index contributed by atoms with van der Waals surface area (Å²) in [6.45, 7) is 5.07. The number of methoxy groups -OCH3 is 1. The summed E-state index contributed by atoms with van der Waals surface area (Å²) in [5.74, 6) is 0.532. The number of hydrogen-bond acceptors (Lipinski definition) is 4. The molecule has 5 nitrogen and oxygen atoms in total. The molecule has 4 aromatic rings. The minimum Gasteiger partial charge on any atom is -0.494 e. The maximum atomic E-state index is 12.6. The van der Waals surface area contributed by atoms with Gasteiger partial charge in [-0.3, -0.25) is 4.79 Å². The highest BCUT2D eigenvalue weighted by Crippen LogP contribution is 2.34. The van der Waals surface area contributed by atoms with Crippen LogP contribution in [-0.2, 0) is 11.3 Å². The Balaban J connectivity index is 1.51. The number of rotatable bonds is 4. The van der Waals surface area contributed by atoms with E-state index < -0.39 is 0 Å². The van der Waals surface area contributed by atoms with Crippen LogP contribution in [0.25, 0.3) is 27.9 Å². The minimum absolute atomic E-state index is 0.142. The Bertz CT molecular complexity index is 1430. The lowest BCUT2D eigenvalue weighted by Gasteiger charge is -2.05. The van der Waals surface area contributed by atoms with Crippen molar-refractivity contribution in [3.8, 4) is 5.75 Å². The van der Waals surface area contributed by atoms with E-state index in [1.807, 2.05) is 31.2 Å². The molecule has 0 saturated carbocycles. The van der Waals surface area contributed by atoms with Gasteiger partial charge in [0, 0.05) is 28.4 Å². The summed E-state index contributed by atoms with van der Waals surface area (Å²) in [6, 6.07) is 20.6. The molecule has 0 bridgehead atoms. The van der Waals surface area contributed by atoms with Crippen molar-refractivity contribution < 1.29 is 9.53 Å². The van der Waals surface area contributed by atoms with Gasteiger partial charge in [-0.1, -0.05) is 30.3 Å². The fourth-order valence-corrected chi connectivity index (χ4v) is 4.97. The number of thioether (sulfide) groups is 1. The molecule has 6 heteroatoms. The summed E-state index contributed by atoms with van der Waals surface area (Å²) in [5.41, 5.74) is 5.20. The van der Waals surface area contributed by atoms with Gasteiger partial charge < -0.3 is 14.6 Å². The predicted molar refractivity (Wildman–Crippen MR) is 134 cm³/mol. The van der Waals surface area contributed by atoms with E-state index in [-0.39, 0.29) is 5.91 Å². The molecule has 32 heavy (non-hydrogen) atoms. The number of aromatic nitrogens is 1. The molecule has 1 aliphatic heterocycles. The molecular formula is C26H23N3O2S. The number of carbonyl (C=O) groups is 1. The van der Waals surface area contributed by atoms with Gasteiger partial charge in [0.25, 0.3) is 5.91 Å². The normalized spacial score (nSPS) is 16.4. The van der Waals surface area contributed by atoms with Gasteiger partial charge in [0.05, 0.1) is 12.0 Å². The van der Waals surface area contributed by atoms with Crippen molar-refractivity contribution in [2.75, 3.05) is 7.11 Å². The van der Waals surface area contributed by atoms with E-state index in [1.54, 1.807) is 7.11 Å². The molecule has 1 fully saturated rings. The maximum absolute atomic E-state index is 12.6. The van der Waals surface area contributed by atoms with Crippen LogP contribution in [0.4, 0.5) is 5.69 Å². The van der Waals surface area contributed by atoms with Gasteiger partial charge in [0.15, 0.2) is 5.17 Å². The maximum Gasteiger partial charge on any atom is 0.264 e. The van der Waals surface area contributed by atoms with Crippen LogP contribution in [0, 0.1) is 6.92 Å². The van der Waals surface area contributed by atoms with Crippen LogP contribution in [0.15, 0.2) is 70.6 Å². The second kappa shape index (κ2) is 8.20. The molecule has 2 heterocycles. The number of fused-ring (bicyclic) bond motifs is 3. The number of hydrogen-bond donors (Lipinski definition) is 1. The molecule has 0 radical (unpaired) electrons. The fraction of sp³-hybridized carbons (Fsp3) is 0.154. The Morgan fingerprint density at radius 1 is 1.06 bits per heavy atom. The second-order valence-electron chi connectivity index (χ2n) is 7.70. The summed E-state index contributed by atoms with van der Waals surface area (Å²) < 4.78 is 7.72. The van der Waals surface area contributed by atoms with E-state index in [0.29, 0.717) is 21.5 Å². The van der Waals surface area contributed by atoms with Crippen molar-refractivity contribution in [1.82, 2.24) is 9.88 Å². The summed E-state index contributed by atoms with van der Waals surface area (Å²) in [5, 5.41) is 5.84. The summed E-state index contributed by atoms with van der Waals surface area (Å²) in [4.78, 5) is 17.8. The fourth-order valence-electron chi connectivity index (χ4n) is 4.13. The molecule has 160 valence electrons. The first-order valence-corrected chi connectivity index (χ1v) is 11.3. The van der Waals surface area contributed by atoms with Crippen LogP contribution in [0.5, 0.6) is 5.75 Å². The largest absolute Gasteiger partial charge is 0.494 e. The third-order valence-electron chi connectivity index (χ3n) is 5.62. The number of nitrogens with zero attached hydrogens (tertiary/aromatic N) is 2. The molecular weight excluding hydrogens is 418 g/mol. The van der Waals surface area contributed by atoms with E-state index in [0.717, 1.165) is 17.7 Å². The van der Waals surface area contributed by atoms with E-state index in [9.17, 15) is 4.79 Å². The molecule has 5 rings (SSSR count). The second-order valence-corrected chi connectivity index (χ2v) is 8.73. The molecule has 1 aromatic heterocycles. The average molecular weight is 442 g/mol. The Kier molecular flexibility index (Phi) is 5.23. The van der Waals surface area contributed by atoms with Crippen molar-refractivity contribution in [1.29, 1.82) is 0 Å². The smallest absolute Gasteiger partial charge is 0.264 e.